The van der Waals surface area contributed by atoms with Gasteiger partial charge in [-0.1, -0.05) is 52.8 Å². The Bertz CT molecular complexity index is 1540. The number of hydrogen-bond donors (Lipinski definition) is 3. The van der Waals surface area contributed by atoms with Crippen LogP contribution in [-0.4, -0.2) is 79.3 Å². The van der Waals surface area contributed by atoms with Crippen LogP contribution in [-0.2, 0) is 9.84 Å². The van der Waals surface area contributed by atoms with Gasteiger partial charge in [0.2, 0.25) is 0 Å². The summed E-state index contributed by atoms with van der Waals surface area (Å²) in [5.74, 6) is 2.31. The van der Waals surface area contributed by atoms with Gasteiger partial charge in [-0.25, -0.2) is 13.2 Å². The van der Waals surface area contributed by atoms with Crippen LogP contribution in [0.3, 0.4) is 0 Å². The molecule has 8 heteroatoms. The number of carboxylic acid groups (broad SMARTS) is 1. The molecule has 5 aliphatic carbocycles. The second kappa shape index (κ2) is 11.9. The smallest absolute Gasteiger partial charge is 0.335 e. The lowest BCUT2D eigenvalue weighted by Crippen LogP contribution is -2.68. The van der Waals surface area contributed by atoms with Gasteiger partial charge in [-0.2, -0.15) is 0 Å². The largest absolute Gasteiger partial charge is 0.478 e. The van der Waals surface area contributed by atoms with Crippen LogP contribution < -0.4 is 5.32 Å². The van der Waals surface area contributed by atoms with E-state index in [1.807, 2.05) is 12.1 Å². The summed E-state index contributed by atoms with van der Waals surface area (Å²) in [6.07, 6.45) is 13.2. The molecular formula is C40H60N2O5S. The number of aliphatic hydroxyl groups excluding tert-OH is 1. The molecule has 7 rings (SSSR count). The lowest BCUT2D eigenvalue weighted by atomic mass is 9.33. The van der Waals surface area contributed by atoms with Crippen LogP contribution in [0, 0.1) is 51.2 Å². The molecule has 48 heavy (non-hydrogen) atoms. The first-order valence-electron chi connectivity index (χ1n) is 18.9. The van der Waals surface area contributed by atoms with Gasteiger partial charge in [0, 0.05) is 38.3 Å². The van der Waals surface area contributed by atoms with Gasteiger partial charge in [0.25, 0.3) is 0 Å². The van der Waals surface area contributed by atoms with E-state index in [-0.39, 0.29) is 45.3 Å². The van der Waals surface area contributed by atoms with Crippen LogP contribution in [0.5, 0.6) is 0 Å². The van der Waals surface area contributed by atoms with Crippen LogP contribution in [0.2, 0.25) is 0 Å². The molecule has 6 aliphatic rings. The molecule has 1 aliphatic heterocycles. The Hall–Kier alpha value is -1.74. The maximum Gasteiger partial charge on any atom is 0.335 e. The number of aromatic carboxylic acids is 1. The Kier molecular flexibility index (Phi) is 8.61. The van der Waals surface area contributed by atoms with Gasteiger partial charge in [-0.15, -0.1) is 0 Å². The molecule has 7 nitrogen and oxygen atoms in total. The molecule has 3 N–H and O–H groups in total. The standard InChI is InChI=1S/C40H60N2O5S/c1-36(2)30(27-6-8-28(9-7-27)35(44)45)13-15-37(3)32(36)14-16-39(5)33(37)11-10-31-34-29(26-43)12-17-40(34,19-18-38(31,39)4)41-20-21-42-22-24-48(46,47)25-23-42/h6-9,13,29,31-34,41,43H,10-12,14-26H2,1-5H3,(H,44,45). The Labute approximate surface area is 289 Å². The van der Waals surface area contributed by atoms with Gasteiger partial charge >= 0.3 is 5.97 Å². The maximum absolute atomic E-state index is 12.0. The van der Waals surface area contributed by atoms with Crippen molar-refractivity contribution in [3.8, 4) is 0 Å². The second-order valence-electron chi connectivity index (χ2n) is 18.2. The molecule has 1 aromatic carbocycles. The van der Waals surface area contributed by atoms with Gasteiger partial charge in [0.15, 0.2) is 9.84 Å². The molecule has 9 unspecified atom stereocenters. The molecule has 1 heterocycles. The molecule has 4 saturated carbocycles. The van der Waals surface area contributed by atoms with Crippen molar-refractivity contribution < 1.29 is 23.4 Å². The van der Waals surface area contributed by atoms with E-state index < -0.39 is 15.8 Å². The number of nitrogens with zero attached hydrogens (tertiary/aromatic N) is 1. The van der Waals surface area contributed by atoms with Gasteiger partial charge in [0.1, 0.15) is 0 Å². The van der Waals surface area contributed by atoms with Crippen LogP contribution in [0.15, 0.2) is 30.3 Å². The van der Waals surface area contributed by atoms with Crippen molar-refractivity contribution >= 4 is 21.4 Å². The van der Waals surface area contributed by atoms with E-state index in [4.69, 9.17) is 0 Å². The molecule has 1 aromatic rings. The van der Waals surface area contributed by atoms with Gasteiger partial charge < -0.3 is 20.4 Å². The van der Waals surface area contributed by atoms with E-state index in [0.717, 1.165) is 37.9 Å². The van der Waals surface area contributed by atoms with Crippen LogP contribution in [0.1, 0.15) is 108 Å². The fourth-order valence-electron chi connectivity index (χ4n) is 13.6. The zero-order chi connectivity index (χ0) is 34.3. The summed E-state index contributed by atoms with van der Waals surface area (Å²) in [4.78, 5) is 13.8. The third-order valence-electron chi connectivity index (χ3n) is 16.2. The van der Waals surface area contributed by atoms with Crippen molar-refractivity contribution in [2.24, 2.45) is 51.2 Å². The molecule has 9 atom stereocenters. The number of benzene rings is 1. The fraction of sp³-hybridized carbons (Fsp3) is 0.775. The first-order valence-corrected chi connectivity index (χ1v) is 20.8. The monoisotopic (exact) mass is 680 g/mol. The third kappa shape index (κ3) is 5.20. The summed E-state index contributed by atoms with van der Waals surface area (Å²) >= 11 is 0. The Balaban J connectivity index is 1.13. The maximum atomic E-state index is 12.0. The third-order valence-corrected chi connectivity index (χ3v) is 17.8. The van der Waals surface area contributed by atoms with Crippen molar-refractivity contribution in [3.63, 3.8) is 0 Å². The lowest BCUT2D eigenvalue weighted by molar-refractivity contribution is -0.221. The van der Waals surface area contributed by atoms with E-state index in [1.54, 1.807) is 12.1 Å². The summed E-state index contributed by atoms with van der Waals surface area (Å²) in [7, 11) is -2.87. The number of nitrogens with one attached hydrogen (secondary N) is 1. The number of carboxylic acids is 1. The molecule has 0 radical (unpaired) electrons. The van der Waals surface area contributed by atoms with Gasteiger partial charge in [-0.05, 0) is 132 Å². The predicted molar refractivity (Wildman–Crippen MR) is 191 cm³/mol. The van der Waals surface area contributed by atoms with Crippen molar-refractivity contribution in [1.29, 1.82) is 0 Å². The Morgan fingerprint density at radius 2 is 1.60 bits per heavy atom. The summed E-state index contributed by atoms with van der Waals surface area (Å²) < 4.78 is 23.9. The number of rotatable bonds is 7. The predicted octanol–water partition coefficient (Wildman–Crippen LogP) is 6.52. The highest BCUT2D eigenvalue weighted by Gasteiger charge is 2.70. The zero-order valence-corrected chi connectivity index (χ0v) is 30.9. The number of allylic oxidation sites excluding steroid dienone is 2. The lowest BCUT2D eigenvalue weighted by Gasteiger charge is -2.72. The second-order valence-corrected chi connectivity index (χ2v) is 20.5. The van der Waals surface area contributed by atoms with E-state index in [1.165, 1.54) is 44.1 Å². The van der Waals surface area contributed by atoms with Crippen molar-refractivity contribution in [2.75, 3.05) is 44.3 Å². The van der Waals surface area contributed by atoms with E-state index in [0.29, 0.717) is 48.2 Å². The van der Waals surface area contributed by atoms with E-state index >= 15 is 0 Å². The summed E-state index contributed by atoms with van der Waals surface area (Å²) in [6, 6.07) is 7.53. The summed E-state index contributed by atoms with van der Waals surface area (Å²) in [5.41, 5.74) is 3.61. The SMILES string of the molecule is CC1(C)C(c2ccc(C(=O)O)cc2)=CCC2(C)C1CCC1(C)C2CCC2C3C(CO)CCC3(NCCN3CCS(=O)(=O)CC3)CCC21C. The molecule has 1 saturated heterocycles. The fourth-order valence-corrected chi connectivity index (χ4v) is 14.9. The van der Waals surface area contributed by atoms with Crippen molar-refractivity contribution in [1.82, 2.24) is 10.2 Å². The molecule has 0 amide bonds. The highest BCUT2D eigenvalue weighted by atomic mass is 32.2. The van der Waals surface area contributed by atoms with Crippen LogP contribution >= 0.6 is 0 Å². The Morgan fingerprint density at radius 1 is 0.896 bits per heavy atom. The van der Waals surface area contributed by atoms with E-state index in [2.05, 4.69) is 50.9 Å². The Morgan fingerprint density at radius 3 is 2.27 bits per heavy atom. The molecule has 0 spiro atoms. The minimum atomic E-state index is -2.87. The van der Waals surface area contributed by atoms with E-state index in [9.17, 15) is 23.4 Å². The average molecular weight is 681 g/mol. The molecule has 0 aromatic heterocycles. The first-order chi connectivity index (χ1) is 22.6. The highest BCUT2D eigenvalue weighted by molar-refractivity contribution is 7.91. The molecule has 0 bridgehead atoms. The number of aliphatic hydroxyl groups is 1. The van der Waals surface area contributed by atoms with Crippen molar-refractivity contribution in [2.45, 2.75) is 97.9 Å². The minimum Gasteiger partial charge on any atom is -0.478 e. The zero-order valence-electron chi connectivity index (χ0n) is 30.1. The van der Waals surface area contributed by atoms with Crippen molar-refractivity contribution in [3.05, 3.63) is 41.5 Å². The van der Waals surface area contributed by atoms with Gasteiger partial charge in [0.05, 0.1) is 17.1 Å². The number of carbonyl (C=O) groups is 1. The molecular weight excluding hydrogens is 621 g/mol. The number of sulfone groups is 1. The summed E-state index contributed by atoms with van der Waals surface area (Å²) in [6.45, 7) is 16.1. The quantitative estimate of drug-likeness (QED) is 0.301. The normalized spacial score (nSPS) is 43.3. The summed E-state index contributed by atoms with van der Waals surface area (Å²) in [5, 5.41) is 24.3. The molecule has 5 fully saturated rings. The van der Waals surface area contributed by atoms with Crippen LogP contribution in [0.25, 0.3) is 5.57 Å². The van der Waals surface area contributed by atoms with Crippen LogP contribution in [0.4, 0.5) is 0 Å². The molecule has 266 valence electrons. The number of fused-ring (bicyclic) bond motifs is 7. The topological polar surface area (TPSA) is 107 Å². The average Bonchev–Trinajstić information content (AvgIpc) is 3.41. The van der Waals surface area contributed by atoms with Gasteiger partial charge in [-0.3, -0.25) is 0 Å². The first kappa shape index (κ1) is 34.7. The highest BCUT2D eigenvalue weighted by Crippen LogP contribution is 2.76. The minimum absolute atomic E-state index is 0.00551. The number of hydrogen-bond acceptors (Lipinski definition) is 6.